The van der Waals surface area contributed by atoms with E-state index in [1.807, 2.05) is 22.6 Å². The fourth-order valence-electron chi connectivity index (χ4n) is 0.720. The molecule has 2 N–H and O–H groups in total. The molecule has 0 saturated heterocycles. The zero-order valence-electron chi connectivity index (χ0n) is 5.57. The van der Waals surface area contributed by atoms with Crippen molar-refractivity contribution in [3.05, 3.63) is 31.6 Å². The van der Waals surface area contributed by atoms with Crippen LogP contribution in [0.5, 0.6) is 0 Å². The molecule has 0 amide bonds. The van der Waals surface area contributed by atoms with Gasteiger partial charge in [0.25, 0.3) is 0 Å². The third-order valence-electron chi connectivity index (χ3n) is 1.31. The summed E-state index contributed by atoms with van der Waals surface area (Å²) in [5, 5.41) is 0. The molecule has 1 aromatic rings. The zero-order chi connectivity index (χ0) is 8.43. The predicted molar refractivity (Wildman–Crippen MR) is 54.7 cm³/mol. The number of hydrogen-bond acceptors (Lipinski definition) is 1. The van der Waals surface area contributed by atoms with E-state index >= 15 is 0 Å². The van der Waals surface area contributed by atoms with E-state index in [4.69, 9.17) is 5.73 Å². The molecule has 0 radical (unpaired) electrons. The maximum atomic E-state index is 12.8. The number of rotatable bonds is 1. The third-order valence-corrected chi connectivity index (χ3v) is 2.87. The molecule has 0 atom stereocenters. The molecule has 1 aromatic carbocycles. The van der Waals surface area contributed by atoms with Crippen LogP contribution >= 0.6 is 38.5 Å². The SMILES string of the molecule is NCc1cc(I)c(F)cc1Br. The normalized spacial score (nSPS) is 10.2. The second-order valence-corrected chi connectivity index (χ2v) is 4.08. The Bertz CT molecular complexity index is 277. The lowest BCUT2D eigenvalue weighted by molar-refractivity contribution is 0.618. The van der Waals surface area contributed by atoms with Gasteiger partial charge in [0.15, 0.2) is 0 Å². The van der Waals surface area contributed by atoms with Gasteiger partial charge in [0.2, 0.25) is 0 Å². The Labute approximate surface area is 86.4 Å². The van der Waals surface area contributed by atoms with Crippen LogP contribution in [0.15, 0.2) is 16.6 Å². The molecule has 0 aliphatic rings. The molecule has 0 fully saturated rings. The first-order valence-corrected chi connectivity index (χ1v) is 4.86. The molecule has 0 bridgehead atoms. The van der Waals surface area contributed by atoms with Gasteiger partial charge >= 0.3 is 0 Å². The standard InChI is InChI=1S/C7H6BrFIN/c8-5-2-6(9)7(10)1-4(5)3-11/h1-2H,3,11H2. The zero-order valence-corrected chi connectivity index (χ0v) is 9.32. The molecular formula is C7H6BrFIN. The fraction of sp³-hybridized carbons (Fsp3) is 0.143. The van der Waals surface area contributed by atoms with Crippen molar-refractivity contribution in [3.8, 4) is 0 Å². The summed E-state index contributed by atoms with van der Waals surface area (Å²) in [6.45, 7) is 0.427. The van der Waals surface area contributed by atoms with Gasteiger partial charge in [0, 0.05) is 14.6 Å². The maximum absolute atomic E-state index is 12.8. The Morgan fingerprint density at radius 3 is 2.73 bits per heavy atom. The summed E-state index contributed by atoms with van der Waals surface area (Å²) in [4.78, 5) is 0. The largest absolute Gasteiger partial charge is 0.326 e. The van der Waals surface area contributed by atoms with Crippen molar-refractivity contribution in [1.82, 2.24) is 0 Å². The van der Waals surface area contributed by atoms with Gasteiger partial charge in [-0.2, -0.15) is 0 Å². The van der Waals surface area contributed by atoms with Crippen LogP contribution in [0.3, 0.4) is 0 Å². The molecular weight excluding hydrogens is 324 g/mol. The van der Waals surface area contributed by atoms with Gasteiger partial charge in [-0.15, -0.1) is 0 Å². The highest BCUT2D eigenvalue weighted by atomic mass is 127. The summed E-state index contributed by atoms with van der Waals surface area (Å²) < 4.78 is 14.2. The number of nitrogens with two attached hydrogens (primary N) is 1. The number of hydrogen-bond donors (Lipinski definition) is 1. The van der Waals surface area contributed by atoms with Crippen LogP contribution in [0, 0.1) is 9.39 Å². The minimum Gasteiger partial charge on any atom is -0.326 e. The van der Waals surface area contributed by atoms with E-state index in [1.165, 1.54) is 6.07 Å². The van der Waals surface area contributed by atoms with Crippen molar-refractivity contribution < 1.29 is 4.39 Å². The molecule has 4 heteroatoms. The Morgan fingerprint density at radius 2 is 2.18 bits per heavy atom. The Kier molecular flexibility index (Phi) is 3.27. The number of halogens is 3. The van der Waals surface area contributed by atoms with Crippen LogP contribution < -0.4 is 5.73 Å². The van der Waals surface area contributed by atoms with Crippen LogP contribution in [0.4, 0.5) is 4.39 Å². The van der Waals surface area contributed by atoms with E-state index < -0.39 is 0 Å². The Morgan fingerprint density at radius 1 is 1.55 bits per heavy atom. The van der Waals surface area contributed by atoms with Crippen LogP contribution in [0.1, 0.15) is 5.56 Å². The smallest absolute Gasteiger partial charge is 0.137 e. The van der Waals surface area contributed by atoms with Crippen LogP contribution in [0.25, 0.3) is 0 Å². The molecule has 11 heavy (non-hydrogen) atoms. The second-order valence-electron chi connectivity index (χ2n) is 2.06. The molecule has 0 aromatic heterocycles. The molecule has 0 aliphatic carbocycles. The monoisotopic (exact) mass is 329 g/mol. The summed E-state index contributed by atoms with van der Waals surface area (Å²) in [6, 6.07) is 3.17. The first-order valence-electron chi connectivity index (χ1n) is 2.98. The molecule has 60 valence electrons. The quantitative estimate of drug-likeness (QED) is 0.622. The molecule has 0 spiro atoms. The van der Waals surface area contributed by atoms with E-state index in [-0.39, 0.29) is 5.82 Å². The van der Waals surface area contributed by atoms with Crippen LogP contribution in [0.2, 0.25) is 0 Å². The second kappa shape index (κ2) is 3.82. The third kappa shape index (κ3) is 2.13. The molecule has 0 aliphatic heterocycles. The van der Waals surface area contributed by atoms with Crippen molar-refractivity contribution in [2.75, 3.05) is 0 Å². The number of benzene rings is 1. The van der Waals surface area contributed by atoms with Gasteiger partial charge in [0.1, 0.15) is 5.82 Å². The van der Waals surface area contributed by atoms with E-state index in [2.05, 4.69) is 15.9 Å². The average Bonchev–Trinajstić information content (AvgIpc) is 1.97. The lowest BCUT2D eigenvalue weighted by atomic mass is 10.2. The lowest BCUT2D eigenvalue weighted by Crippen LogP contribution is -1.98. The van der Waals surface area contributed by atoms with Crippen molar-refractivity contribution in [2.24, 2.45) is 5.73 Å². The summed E-state index contributed by atoms with van der Waals surface area (Å²) >= 11 is 5.16. The minimum atomic E-state index is -0.213. The molecule has 0 saturated carbocycles. The summed E-state index contributed by atoms with van der Waals surface area (Å²) in [5.74, 6) is -0.213. The van der Waals surface area contributed by atoms with Crippen molar-refractivity contribution in [3.63, 3.8) is 0 Å². The Hall–Kier alpha value is 0.320. The molecule has 1 rings (SSSR count). The van der Waals surface area contributed by atoms with Gasteiger partial charge in [-0.25, -0.2) is 4.39 Å². The average molecular weight is 330 g/mol. The first-order chi connectivity index (χ1) is 5.15. The molecule has 0 unspecified atom stereocenters. The highest BCUT2D eigenvalue weighted by Crippen LogP contribution is 2.21. The van der Waals surface area contributed by atoms with Crippen molar-refractivity contribution in [1.29, 1.82) is 0 Å². The summed E-state index contributed by atoms with van der Waals surface area (Å²) in [6.07, 6.45) is 0. The van der Waals surface area contributed by atoms with E-state index in [1.54, 1.807) is 6.07 Å². The molecule has 1 nitrogen and oxygen atoms in total. The van der Waals surface area contributed by atoms with Gasteiger partial charge in [-0.1, -0.05) is 15.9 Å². The van der Waals surface area contributed by atoms with E-state index in [0.717, 1.165) is 10.0 Å². The van der Waals surface area contributed by atoms with Gasteiger partial charge < -0.3 is 5.73 Å². The van der Waals surface area contributed by atoms with Gasteiger partial charge in [-0.3, -0.25) is 0 Å². The van der Waals surface area contributed by atoms with Crippen molar-refractivity contribution >= 4 is 38.5 Å². The van der Waals surface area contributed by atoms with Crippen molar-refractivity contribution in [2.45, 2.75) is 6.54 Å². The van der Waals surface area contributed by atoms with E-state index in [9.17, 15) is 4.39 Å². The first kappa shape index (κ1) is 9.41. The highest BCUT2D eigenvalue weighted by molar-refractivity contribution is 14.1. The lowest BCUT2D eigenvalue weighted by Gasteiger charge is -2.02. The Balaban J connectivity index is 3.21. The van der Waals surface area contributed by atoms with Crippen LogP contribution in [-0.2, 0) is 6.54 Å². The molecule has 0 heterocycles. The van der Waals surface area contributed by atoms with Crippen LogP contribution in [-0.4, -0.2) is 0 Å². The van der Waals surface area contributed by atoms with Gasteiger partial charge in [-0.05, 0) is 40.3 Å². The highest BCUT2D eigenvalue weighted by Gasteiger charge is 2.03. The maximum Gasteiger partial charge on any atom is 0.137 e. The topological polar surface area (TPSA) is 26.0 Å². The minimum absolute atomic E-state index is 0.213. The van der Waals surface area contributed by atoms with Gasteiger partial charge in [0.05, 0.1) is 0 Å². The summed E-state index contributed by atoms with van der Waals surface area (Å²) in [5.41, 5.74) is 6.34. The van der Waals surface area contributed by atoms with E-state index in [0.29, 0.717) is 10.1 Å². The fourth-order valence-corrected chi connectivity index (χ4v) is 1.73. The summed E-state index contributed by atoms with van der Waals surface area (Å²) in [7, 11) is 0. The predicted octanol–water partition coefficient (Wildman–Crippen LogP) is 2.65.